The molecule has 0 heterocycles. The van der Waals surface area contributed by atoms with Crippen LogP contribution in [0, 0.1) is 0 Å². The second kappa shape index (κ2) is 9.60. The highest BCUT2D eigenvalue weighted by atomic mass is 35.5. The summed E-state index contributed by atoms with van der Waals surface area (Å²) in [7, 11) is 1.55. The van der Waals surface area contributed by atoms with Crippen LogP contribution in [-0.4, -0.2) is 38.6 Å². The van der Waals surface area contributed by atoms with Gasteiger partial charge in [-0.15, -0.1) is 0 Å². The zero-order valence-electron chi connectivity index (χ0n) is 11.7. The molecule has 0 saturated carbocycles. The summed E-state index contributed by atoms with van der Waals surface area (Å²) in [6, 6.07) is 5.15. The fourth-order valence-electron chi connectivity index (χ4n) is 1.59. The van der Waals surface area contributed by atoms with Crippen LogP contribution >= 0.6 is 23.2 Å². The highest BCUT2D eigenvalue weighted by molar-refractivity contribution is 6.35. The molecule has 0 fully saturated rings. The molecule has 0 aromatic heterocycles. The summed E-state index contributed by atoms with van der Waals surface area (Å²) in [5.74, 6) is -0.451. The average Bonchev–Trinajstić information content (AvgIpc) is 2.44. The number of ether oxygens (including phenoxy) is 1. The molecule has 0 saturated heterocycles. The molecular weight excluding hydrogens is 315 g/mol. The lowest BCUT2D eigenvalue weighted by Gasteiger charge is -2.07. The lowest BCUT2D eigenvalue weighted by Crippen LogP contribution is -2.38. The molecular formula is C14H18Cl2N2O3. The predicted molar refractivity (Wildman–Crippen MR) is 82.7 cm³/mol. The molecule has 1 aromatic carbocycles. The molecule has 2 amide bonds. The van der Waals surface area contributed by atoms with Gasteiger partial charge in [-0.3, -0.25) is 9.59 Å². The maximum Gasteiger partial charge on any atom is 0.239 e. The van der Waals surface area contributed by atoms with Gasteiger partial charge in [0.25, 0.3) is 0 Å². The molecule has 7 heteroatoms. The SMILES string of the molecule is COCCNC(=O)CNC(=O)CCc1ccc(Cl)cc1Cl. The third-order valence-electron chi connectivity index (χ3n) is 2.71. The van der Waals surface area contributed by atoms with E-state index in [2.05, 4.69) is 10.6 Å². The summed E-state index contributed by atoms with van der Waals surface area (Å²) >= 11 is 11.8. The maximum absolute atomic E-state index is 11.6. The first-order chi connectivity index (χ1) is 10.0. The minimum absolute atomic E-state index is 0.0447. The number of carbonyl (C=O) groups excluding carboxylic acids is 2. The van der Waals surface area contributed by atoms with Crippen LogP contribution in [-0.2, 0) is 20.7 Å². The number of benzene rings is 1. The van der Waals surface area contributed by atoms with Crippen molar-refractivity contribution >= 4 is 35.0 Å². The monoisotopic (exact) mass is 332 g/mol. The number of hydrogen-bond acceptors (Lipinski definition) is 3. The Balaban J connectivity index is 2.26. The highest BCUT2D eigenvalue weighted by Gasteiger charge is 2.07. The van der Waals surface area contributed by atoms with Crippen molar-refractivity contribution in [1.29, 1.82) is 0 Å². The van der Waals surface area contributed by atoms with Crippen molar-refractivity contribution in [2.24, 2.45) is 0 Å². The Bertz CT molecular complexity index is 495. The van der Waals surface area contributed by atoms with Gasteiger partial charge < -0.3 is 15.4 Å². The van der Waals surface area contributed by atoms with Crippen molar-refractivity contribution < 1.29 is 14.3 Å². The van der Waals surface area contributed by atoms with Crippen molar-refractivity contribution in [2.45, 2.75) is 12.8 Å². The minimum atomic E-state index is -0.245. The molecule has 0 unspecified atom stereocenters. The Kier molecular flexibility index (Phi) is 8.12. The summed E-state index contributed by atoms with van der Waals surface area (Å²) in [5.41, 5.74) is 0.848. The van der Waals surface area contributed by atoms with E-state index in [1.807, 2.05) is 0 Å². The van der Waals surface area contributed by atoms with Crippen LogP contribution in [0.15, 0.2) is 18.2 Å². The van der Waals surface area contributed by atoms with Crippen molar-refractivity contribution in [2.75, 3.05) is 26.8 Å². The first-order valence-electron chi connectivity index (χ1n) is 6.49. The van der Waals surface area contributed by atoms with Crippen molar-refractivity contribution in [1.82, 2.24) is 10.6 Å². The average molecular weight is 333 g/mol. The van der Waals surface area contributed by atoms with Gasteiger partial charge in [0.2, 0.25) is 11.8 Å². The van der Waals surface area contributed by atoms with Gasteiger partial charge in [0.05, 0.1) is 13.2 Å². The van der Waals surface area contributed by atoms with E-state index in [0.29, 0.717) is 29.6 Å². The number of hydrogen-bond donors (Lipinski definition) is 2. The van der Waals surface area contributed by atoms with Gasteiger partial charge in [0.1, 0.15) is 0 Å². The second-order valence-corrected chi connectivity index (χ2v) is 5.20. The van der Waals surface area contributed by atoms with Crippen molar-refractivity contribution in [3.05, 3.63) is 33.8 Å². The Morgan fingerprint density at radius 1 is 1.19 bits per heavy atom. The summed E-state index contributed by atoms with van der Waals surface area (Å²) < 4.78 is 4.80. The lowest BCUT2D eigenvalue weighted by atomic mass is 10.1. The third-order valence-corrected chi connectivity index (χ3v) is 3.30. The summed E-state index contributed by atoms with van der Waals surface area (Å²) in [6.45, 7) is 0.817. The van der Waals surface area contributed by atoms with E-state index in [0.717, 1.165) is 5.56 Å². The van der Waals surface area contributed by atoms with Crippen LogP contribution in [0.1, 0.15) is 12.0 Å². The smallest absolute Gasteiger partial charge is 0.239 e. The Morgan fingerprint density at radius 3 is 2.62 bits per heavy atom. The van der Waals surface area contributed by atoms with E-state index < -0.39 is 0 Å². The van der Waals surface area contributed by atoms with Gasteiger partial charge >= 0.3 is 0 Å². The first kappa shape index (κ1) is 17.8. The third kappa shape index (κ3) is 7.32. The van der Waals surface area contributed by atoms with Crippen LogP contribution in [0.3, 0.4) is 0 Å². The van der Waals surface area contributed by atoms with Crippen LogP contribution in [0.5, 0.6) is 0 Å². The maximum atomic E-state index is 11.6. The molecule has 0 spiro atoms. The number of aryl methyl sites for hydroxylation is 1. The Morgan fingerprint density at radius 2 is 1.95 bits per heavy atom. The molecule has 0 aliphatic rings. The second-order valence-electron chi connectivity index (χ2n) is 4.36. The lowest BCUT2D eigenvalue weighted by molar-refractivity contribution is -0.126. The van der Waals surface area contributed by atoms with Gasteiger partial charge in [0, 0.05) is 30.1 Å². The predicted octanol–water partition coefficient (Wildman–Crippen LogP) is 1.80. The summed E-state index contributed by atoms with van der Waals surface area (Å²) in [5, 5.41) is 6.25. The van der Waals surface area contributed by atoms with E-state index in [1.54, 1.807) is 25.3 Å². The topological polar surface area (TPSA) is 67.4 Å². The summed E-state index contributed by atoms with van der Waals surface area (Å²) in [4.78, 5) is 23.0. The van der Waals surface area contributed by atoms with E-state index in [1.165, 1.54) is 0 Å². The normalized spacial score (nSPS) is 10.2. The fraction of sp³-hybridized carbons (Fsp3) is 0.429. The standard InChI is InChI=1S/C14H18Cl2N2O3/c1-21-7-6-17-14(20)9-18-13(19)5-3-10-2-4-11(15)8-12(10)16/h2,4,8H,3,5-7,9H2,1H3,(H,17,20)(H,18,19). The number of nitrogens with one attached hydrogen (secondary N) is 2. The van der Waals surface area contributed by atoms with Gasteiger partial charge in [-0.1, -0.05) is 29.3 Å². The summed E-state index contributed by atoms with van der Waals surface area (Å²) in [6.07, 6.45) is 0.750. The Labute approximate surface area is 133 Å². The molecule has 0 aliphatic heterocycles. The quantitative estimate of drug-likeness (QED) is 0.713. The Hall–Kier alpha value is -1.30. The minimum Gasteiger partial charge on any atom is -0.383 e. The van der Waals surface area contributed by atoms with Gasteiger partial charge in [-0.25, -0.2) is 0 Å². The van der Waals surface area contributed by atoms with Crippen LogP contribution in [0.25, 0.3) is 0 Å². The number of carbonyl (C=O) groups is 2. The van der Waals surface area contributed by atoms with E-state index in [9.17, 15) is 9.59 Å². The number of halogens is 2. The van der Waals surface area contributed by atoms with Gasteiger partial charge in [0.15, 0.2) is 0 Å². The van der Waals surface area contributed by atoms with Crippen LogP contribution in [0.2, 0.25) is 10.0 Å². The molecule has 5 nitrogen and oxygen atoms in total. The fourth-order valence-corrected chi connectivity index (χ4v) is 2.10. The molecule has 0 radical (unpaired) electrons. The number of rotatable bonds is 8. The van der Waals surface area contributed by atoms with Crippen LogP contribution in [0.4, 0.5) is 0 Å². The molecule has 0 atom stereocenters. The van der Waals surface area contributed by atoms with Crippen LogP contribution < -0.4 is 10.6 Å². The zero-order chi connectivity index (χ0) is 15.7. The molecule has 0 bridgehead atoms. The highest BCUT2D eigenvalue weighted by Crippen LogP contribution is 2.21. The molecule has 2 N–H and O–H groups in total. The number of methoxy groups -OCH3 is 1. The zero-order valence-corrected chi connectivity index (χ0v) is 13.3. The molecule has 0 aliphatic carbocycles. The molecule has 1 rings (SSSR count). The molecule has 1 aromatic rings. The number of amides is 2. The first-order valence-corrected chi connectivity index (χ1v) is 7.24. The van der Waals surface area contributed by atoms with E-state index in [-0.39, 0.29) is 24.8 Å². The van der Waals surface area contributed by atoms with Crippen molar-refractivity contribution in [3.8, 4) is 0 Å². The molecule has 116 valence electrons. The van der Waals surface area contributed by atoms with E-state index in [4.69, 9.17) is 27.9 Å². The van der Waals surface area contributed by atoms with Gasteiger partial charge in [-0.2, -0.15) is 0 Å². The largest absolute Gasteiger partial charge is 0.383 e. The van der Waals surface area contributed by atoms with Crippen molar-refractivity contribution in [3.63, 3.8) is 0 Å². The van der Waals surface area contributed by atoms with Gasteiger partial charge in [-0.05, 0) is 24.1 Å². The van der Waals surface area contributed by atoms with E-state index >= 15 is 0 Å². The molecule has 21 heavy (non-hydrogen) atoms.